The van der Waals surface area contributed by atoms with Crippen LogP contribution in [0.15, 0.2) is 10.6 Å². The number of aliphatic hydroxyl groups excluding tert-OH is 1. The summed E-state index contributed by atoms with van der Waals surface area (Å²) < 4.78 is 4.81. The number of nitrogens with zero attached hydrogens (tertiary/aromatic N) is 4. The first-order valence-corrected chi connectivity index (χ1v) is 6.80. The second kappa shape index (κ2) is 5.92. The fourth-order valence-electron chi connectivity index (χ4n) is 1.83. The lowest BCUT2D eigenvalue weighted by molar-refractivity contribution is 0.222. The minimum Gasteiger partial charge on any atom is -0.387 e. The van der Waals surface area contributed by atoms with Crippen LogP contribution in [0.4, 0.5) is 17.6 Å². The normalized spacial score (nSPS) is 14.1. The van der Waals surface area contributed by atoms with E-state index in [1.165, 1.54) is 0 Å². The van der Waals surface area contributed by atoms with Gasteiger partial charge in [0.15, 0.2) is 5.82 Å². The first kappa shape index (κ1) is 13.6. The van der Waals surface area contributed by atoms with Crippen molar-refractivity contribution in [1.82, 2.24) is 20.1 Å². The maximum absolute atomic E-state index is 8.84. The number of nitrogen functional groups attached to an aromatic ring is 1. The molecule has 2 heterocycles. The van der Waals surface area contributed by atoms with Crippen LogP contribution in [0.2, 0.25) is 0 Å². The second-order valence-electron chi connectivity index (χ2n) is 4.85. The first-order valence-electron chi connectivity index (χ1n) is 6.80. The zero-order valence-corrected chi connectivity index (χ0v) is 11.4. The van der Waals surface area contributed by atoms with Gasteiger partial charge in [-0.05, 0) is 12.8 Å². The molecule has 0 amide bonds. The highest BCUT2D eigenvalue weighted by molar-refractivity contribution is 5.51. The van der Waals surface area contributed by atoms with Crippen LogP contribution in [0.3, 0.4) is 0 Å². The van der Waals surface area contributed by atoms with E-state index in [0.717, 1.165) is 18.7 Å². The molecular formula is C12H17N7O2. The van der Waals surface area contributed by atoms with Gasteiger partial charge in [0.2, 0.25) is 5.95 Å². The molecule has 1 aliphatic carbocycles. The third-order valence-corrected chi connectivity index (χ3v) is 2.97. The summed E-state index contributed by atoms with van der Waals surface area (Å²) in [6, 6.07) is 2.33. The van der Waals surface area contributed by atoms with Gasteiger partial charge in [0, 0.05) is 25.1 Å². The van der Waals surface area contributed by atoms with E-state index in [9.17, 15) is 0 Å². The van der Waals surface area contributed by atoms with Gasteiger partial charge in [0.25, 0.3) is 5.89 Å². The number of aromatic nitrogens is 4. The largest absolute Gasteiger partial charge is 0.387 e. The summed E-state index contributed by atoms with van der Waals surface area (Å²) in [6.07, 6.45) is 2.88. The van der Waals surface area contributed by atoms with Crippen molar-refractivity contribution >= 4 is 17.6 Å². The standard InChI is InChI=1S/C12H17N7O2/c13-12-17-9(5-10(18-12)15-7-1-2-7)14-4-3-8-16-11(6-20)21-19-8/h5,7,20H,1-4,6H2,(H4,13,14,15,17,18). The zero-order chi connectivity index (χ0) is 14.7. The SMILES string of the molecule is Nc1nc(NCCc2noc(CO)n2)cc(NC2CC2)n1. The molecule has 0 bridgehead atoms. The Hall–Kier alpha value is -2.42. The van der Waals surface area contributed by atoms with Gasteiger partial charge < -0.3 is 26.0 Å². The number of anilines is 3. The summed E-state index contributed by atoms with van der Waals surface area (Å²) in [5.41, 5.74) is 5.69. The minimum atomic E-state index is -0.251. The number of nitrogens with one attached hydrogen (secondary N) is 2. The van der Waals surface area contributed by atoms with Crippen LogP contribution in [-0.2, 0) is 13.0 Å². The number of nitrogens with two attached hydrogens (primary N) is 1. The van der Waals surface area contributed by atoms with Crippen LogP contribution in [0, 0.1) is 0 Å². The highest BCUT2D eigenvalue weighted by Gasteiger charge is 2.21. The molecule has 9 heteroatoms. The Labute approximate surface area is 121 Å². The first-order chi connectivity index (χ1) is 10.2. The maximum atomic E-state index is 8.84. The van der Waals surface area contributed by atoms with Crippen molar-refractivity contribution in [2.75, 3.05) is 22.9 Å². The van der Waals surface area contributed by atoms with E-state index in [4.69, 9.17) is 15.4 Å². The second-order valence-corrected chi connectivity index (χ2v) is 4.85. The average molecular weight is 291 g/mol. The molecule has 0 aliphatic heterocycles. The van der Waals surface area contributed by atoms with Crippen molar-refractivity contribution in [1.29, 1.82) is 0 Å². The lowest BCUT2D eigenvalue weighted by Crippen LogP contribution is -2.11. The molecular weight excluding hydrogens is 274 g/mol. The maximum Gasteiger partial charge on any atom is 0.252 e. The summed E-state index contributed by atoms with van der Waals surface area (Å²) in [6.45, 7) is 0.322. The number of rotatable bonds is 7. The van der Waals surface area contributed by atoms with E-state index in [1.807, 2.05) is 6.07 Å². The number of aliphatic hydroxyl groups is 1. The van der Waals surface area contributed by atoms with Crippen molar-refractivity contribution in [2.45, 2.75) is 31.9 Å². The van der Waals surface area contributed by atoms with Crippen LogP contribution in [0.5, 0.6) is 0 Å². The van der Waals surface area contributed by atoms with Gasteiger partial charge in [0.1, 0.15) is 18.2 Å². The highest BCUT2D eigenvalue weighted by atomic mass is 16.5. The summed E-state index contributed by atoms with van der Waals surface area (Å²) >= 11 is 0. The predicted molar refractivity (Wildman–Crippen MR) is 75.5 cm³/mol. The number of hydrogen-bond donors (Lipinski definition) is 4. The molecule has 1 fully saturated rings. The van der Waals surface area contributed by atoms with E-state index in [2.05, 4.69) is 30.7 Å². The molecule has 0 aromatic carbocycles. The van der Waals surface area contributed by atoms with Crippen molar-refractivity contribution in [2.24, 2.45) is 0 Å². The van der Waals surface area contributed by atoms with E-state index in [-0.39, 0.29) is 18.4 Å². The van der Waals surface area contributed by atoms with Gasteiger partial charge in [-0.15, -0.1) is 0 Å². The molecule has 2 aromatic heterocycles. The third-order valence-electron chi connectivity index (χ3n) is 2.97. The third kappa shape index (κ3) is 3.78. The molecule has 1 saturated carbocycles. The summed E-state index contributed by atoms with van der Waals surface area (Å²) in [5, 5.41) is 19.0. The smallest absolute Gasteiger partial charge is 0.252 e. The van der Waals surface area contributed by atoms with Crippen molar-refractivity contribution in [3.05, 3.63) is 17.8 Å². The molecule has 0 atom stereocenters. The van der Waals surface area contributed by atoms with Gasteiger partial charge in [-0.3, -0.25) is 0 Å². The molecule has 5 N–H and O–H groups in total. The molecule has 2 aromatic rings. The molecule has 0 radical (unpaired) electrons. The van der Waals surface area contributed by atoms with Gasteiger partial charge in [-0.2, -0.15) is 15.0 Å². The molecule has 1 aliphatic rings. The lowest BCUT2D eigenvalue weighted by atomic mass is 10.4. The zero-order valence-electron chi connectivity index (χ0n) is 11.4. The highest BCUT2D eigenvalue weighted by Crippen LogP contribution is 2.24. The Morgan fingerprint density at radius 2 is 2.10 bits per heavy atom. The van der Waals surface area contributed by atoms with Gasteiger partial charge in [0.05, 0.1) is 0 Å². The van der Waals surface area contributed by atoms with Gasteiger partial charge in [-0.1, -0.05) is 5.16 Å². The lowest BCUT2D eigenvalue weighted by Gasteiger charge is -2.08. The van der Waals surface area contributed by atoms with Crippen molar-refractivity contribution in [3.63, 3.8) is 0 Å². The Morgan fingerprint density at radius 3 is 2.81 bits per heavy atom. The van der Waals surface area contributed by atoms with Crippen molar-refractivity contribution < 1.29 is 9.63 Å². The molecule has 0 unspecified atom stereocenters. The topological polar surface area (TPSA) is 135 Å². The summed E-state index contributed by atoms with van der Waals surface area (Å²) in [7, 11) is 0. The van der Waals surface area contributed by atoms with E-state index >= 15 is 0 Å². The molecule has 9 nitrogen and oxygen atoms in total. The van der Waals surface area contributed by atoms with E-state index < -0.39 is 0 Å². The summed E-state index contributed by atoms with van der Waals surface area (Å²) in [5.74, 6) is 2.36. The van der Waals surface area contributed by atoms with Crippen LogP contribution < -0.4 is 16.4 Å². The summed E-state index contributed by atoms with van der Waals surface area (Å²) in [4.78, 5) is 12.3. The Morgan fingerprint density at radius 1 is 1.29 bits per heavy atom. The van der Waals surface area contributed by atoms with Gasteiger partial charge in [-0.25, -0.2) is 0 Å². The van der Waals surface area contributed by atoms with E-state index in [0.29, 0.717) is 30.6 Å². The molecule has 21 heavy (non-hydrogen) atoms. The molecule has 0 spiro atoms. The molecule has 3 rings (SSSR count). The predicted octanol–water partition coefficient (Wildman–Crippen LogP) is 0.163. The Kier molecular flexibility index (Phi) is 3.82. The van der Waals surface area contributed by atoms with E-state index in [1.54, 1.807) is 0 Å². The fourth-order valence-corrected chi connectivity index (χ4v) is 1.83. The monoisotopic (exact) mass is 291 g/mol. The molecule has 0 saturated heterocycles. The average Bonchev–Trinajstić information content (AvgIpc) is 3.14. The van der Waals surface area contributed by atoms with Crippen LogP contribution >= 0.6 is 0 Å². The Bertz CT molecular complexity index is 611. The van der Waals surface area contributed by atoms with Crippen molar-refractivity contribution in [3.8, 4) is 0 Å². The molecule has 112 valence electrons. The minimum absolute atomic E-state index is 0.215. The van der Waals surface area contributed by atoms with Crippen LogP contribution in [-0.4, -0.2) is 37.8 Å². The fraction of sp³-hybridized carbons (Fsp3) is 0.500. The number of hydrogen-bond acceptors (Lipinski definition) is 9. The van der Waals surface area contributed by atoms with Crippen LogP contribution in [0.25, 0.3) is 0 Å². The van der Waals surface area contributed by atoms with Gasteiger partial charge >= 0.3 is 0 Å². The quantitative estimate of drug-likeness (QED) is 0.562. The Balaban J connectivity index is 1.55. The van der Waals surface area contributed by atoms with Crippen LogP contribution in [0.1, 0.15) is 24.6 Å².